The van der Waals surface area contributed by atoms with E-state index in [9.17, 15) is 14.0 Å². The van der Waals surface area contributed by atoms with E-state index in [0.29, 0.717) is 5.56 Å². The molecule has 1 aliphatic rings. The van der Waals surface area contributed by atoms with Crippen LogP contribution in [0.4, 0.5) is 4.39 Å². The van der Waals surface area contributed by atoms with Crippen molar-refractivity contribution in [3.63, 3.8) is 0 Å². The molecule has 1 unspecified atom stereocenters. The van der Waals surface area contributed by atoms with Gasteiger partial charge in [-0.25, -0.2) is 4.39 Å². The van der Waals surface area contributed by atoms with Gasteiger partial charge >= 0.3 is 0 Å². The van der Waals surface area contributed by atoms with E-state index in [-0.39, 0.29) is 33.5 Å². The van der Waals surface area contributed by atoms with E-state index in [2.05, 4.69) is 9.69 Å². The number of carbonyl (C=O) groups is 2. The molecule has 2 heterocycles. The molecule has 0 radical (unpaired) electrons. The molecule has 0 aliphatic heterocycles. The molecular weight excluding hydrogens is 492 g/mol. The van der Waals surface area contributed by atoms with Crippen LogP contribution in [0, 0.1) is 5.82 Å². The minimum atomic E-state index is -0.984. The first-order valence-corrected chi connectivity index (χ1v) is 12.5. The molecule has 10 heteroatoms. The van der Waals surface area contributed by atoms with Crippen LogP contribution in [0.1, 0.15) is 52.7 Å². The predicted molar refractivity (Wildman–Crippen MR) is 126 cm³/mol. The van der Waals surface area contributed by atoms with Crippen LogP contribution >= 0.6 is 46.1 Å². The Hall–Kier alpha value is -2.00. The Kier molecular flexibility index (Phi) is 7.45. The fourth-order valence-electron chi connectivity index (χ4n) is 3.85. The number of nitrogens with one attached hydrogen (secondary N) is 1. The third kappa shape index (κ3) is 5.14. The molecule has 0 saturated heterocycles. The number of benzene rings is 1. The number of nitrogens with zero attached hydrogens (tertiary/aromatic N) is 2. The maximum absolute atomic E-state index is 13.6. The molecule has 1 saturated carbocycles. The smallest absolute Gasteiger partial charge is 0.276 e. The standard InChI is InChI=1S/C22H20Cl2FN3O2S2/c23-17-18(27-32-20(17)24)22(30)28(12-16-6-3-11-31-16)19(13-7-9-14(25)10-8-13)21(29)26-15-4-1-2-5-15/h3,6-11,15,19H,1-2,4-5,12H2,(H,26,29). The first kappa shape index (κ1) is 23.2. The van der Waals surface area contributed by atoms with Gasteiger partial charge in [0.05, 0.1) is 6.54 Å². The van der Waals surface area contributed by atoms with Gasteiger partial charge in [-0.2, -0.15) is 4.37 Å². The average molecular weight is 512 g/mol. The van der Waals surface area contributed by atoms with E-state index in [0.717, 1.165) is 42.1 Å². The number of aromatic nitrogens is 1. The second-order valence-electron chi connectivity index (χ2n) is 7.58. The van der Waals surface area contributed by atoms with Gasteiger partial charge < -0.3 is 10.2 Å². The molecule has 1 N–H and O–H groups in total. The van der Waals surface area contributed by atoms with Gasteiger partial charge in [0.25, 0.3) is 5.91 Å². The summed E-state index contributed by atoms with van der Waals surface area (Å²) in [4.78, 5) is 29.4. The minimum Gasteiger partial charge on any atom is -0.351 e. The Labute approximate surface area is 203 Å². The number of thiophene rings is 1. The second-order valence-corrected chi connectivity index (χ2v) is 10.4. The zero-order valence-electron chi connectivity index (χ0n) is 16.9. The Morgan fingerprint density at radius 1 is 1.19 bits per heavy atom. The van der Waals surface area contributed by atoms with Crippen LogP contribution in [0.25, 0.3) is 0 Å². The normalized spacial score (nSPS) is 15.0. The predicted octanol–water partition coefficient (Wildman–Crippen LogP) is 6.09. The Bertz CT molecular complexity index is 1080. The zero-order chi connectivity index (χ0) is 22.7. The number of halogens is 3. The fourth-order valence-corrected chi connectivity index (χ4v) is 5.54. The maximum atomic E-state index is 13.6. The molecule has 3 aromatic rings. The summed E-state index contributed by atoms with van der Waals surface area (Å²) in [5.74, 6) is -1.25. The lowest BCUT2D eigenvalue weighted by Crippen LogP contribution is -2.46. The molecular formula is C22H20Cl2FN3O2S2. The van der Waals surface area contributed by atoms with Crippen LogP contribution in [-0.4, -0.2) is 27.1 Å². The fraction of sp³-hybridized carbons (Fsp3) is 0.318. The molecule has 2 amide bonds. The number of hydrogen-bond acceptors (Lipinski definition) is 5. The van der Waals surface area contributed by atoms with Crippen molar-refractivity contribution in [3.05, 3.63) is 73.1 Å². The minimum absolute atomic E-state index is 0.000925. The Balaban J connectivity index is 1.75. The van der Waals surface area contributed by atoms with Crippen molar-refractivity contribution in [1.29, 1.82) is 0 Å². The molecule has 1 fully saturated rings. The van der Waals surface area contributed by atoms with Gasteiger partial charge in [-0.15, -0.1) is 11.3 Å². The van der Waals surface area contributed by atoms with E-state index in [1.807, 2.05) is 17.5 Å². The highest BCUT2D eigenvalue weighted by atomic mass is 35.5. The van der Waals surface area contributed by atoms with E-state index in [1.54, 1.807) is 0 Å². The van der Waals surface area contributed by atoms with Crippen LogP contribution in [0.15, 0.2) is 41.8 Å². The molecule has 1 aliphatic carbocycles. The van der Waals surface area contributed by atoms with Crippen LogP contribution < -0.4 is 5.32 Å². The van der Waals surface area contributed by atoms with Gasteiger partial charge in [-0.1, -0.05) is 54.2 Å². The van der Waals surface area contributed by atoms with Crippen molar-refractivity contribution in [3.8, 4) is 0 Å². The average Bonchev–Trinajstić information content (AvgIpc) is 3.53. The molecule has 1 aromatic carbocycles. The summed E-state index contributed by atoms with van der Waals surface area (Å²) < 4.78 is 18.0. The van der Waals surface area contributed by atoms with Gasteiger partial charge in [0.15, 0.2) is 5.69 Å². The van der Waals surface area contributed by atoms with Gasteiger partial charge in [0, 0.05) is 10.9 Å². The number of rotatable bonds is 7. The monoisotopic (exact) mass is 511 g/mol. The van der Waals surface area contributed by atoms with Crippen molar-refractivity contribution >= 4 is 57.9 Å². The van der Waals surface area contributed by atoms with Crippen molar-refractivity contribution in [2.45, 2.75) is 44.3 Å². The quantitative estimate of drug-likeness (QED) is 0.417. The summed E-state index contributed by atoms with van der Waals surface area (Å²) in [7, 11) is 0. The van der Waals surface area contributed by atoms with Gasteiger partial charge in [0.1, 0.15) is 21.2 Å². The maximum Gasteiger partial charge on any atom is 0.276 e. The van der Waals surface area contributed by atoms with Gasteiger partial charge in [-0.05, 0) is 53.5 Å². The SMILES string of the molecule is O=C(NC1CCCC1)C(c1ccc(F)cc1)N(Cc1cccs1)C(=O)c1nsc(Cl)c1Cl. The Morgan fingerprint density at radius 2 is 1.91 bits per heavy atom. The molecule has 4 rings (SSSR count). The lowest BCUT2D eigenvalue weighted by molar-refractivity contribution is -0.126. The summed E-state index contributed by atoms with van der Waals surface area (Å²) in [6.45, 7) is 0.169. The molecule has 0 bridgehead atoms. The van der Waals surface area contributed by atoms with E-state index >= 15 is 0 Å². The van der Waals surface area contributed by atoms with Gasteiger partial charge in [0.2, 0.25) is 5.91 Å². The van der Waals surface area contributed by atoms with Crippen molar-refractivity contribution < 1.29 is 14.0 Å². The van der Waals surface area contributed by atoms with E-state index in [1.165, 1.54) is 40.5 Å². The highest BCUT2D eigenvalue weighted by Crippen LogP contribution is 2.34. The second kappa shape index (κ2) is 10.3. The highest BCUT2D eigenvalue weighted by molar-refractivity contribution is 7.11. The first-order chi connectivity index (χ1) is 15.4. The molecule has 32 heavy (non-hydrogen) atoms. The van der Waals surface area contributed by atoms with Gasteiger partial charge in [-0.3, -0.25) is 9.59 Å². The summed E-state index contributed by atoms with van der Waals surface area (Å²) >= 11 is 14.7. The molecule has 2 aromatic heterocycles. The van der Waals surface area contributed by atoms with Crippen LogP contribution in [0.5, 0.6) is 0 Å². The summed E-state index contributed by atoms with van der Waals surface area (Å²) in [5, 5.41) is 5.04. The van der Waals surface area contributed by atoms with E-state index in [4.69, 9.17) is 23.2 Å². The lowest BCUT2D eigenvalue weighted by Gasteiger charge is -2.31. The van der Waals surface area contributed by atoms with Crippen molar-refractivity contribution in [1.82, 2.24) is 14.6 Å². The topological polar surface area (TPSA) is 62.3 Å². The van der Waals surface area contributed by atoms with Crippen molar-refractivity contribution in [2.75, 3.05) is 0 Å². The molecule has 1 atom stereocenters. The Morgan fingerprint density at radius 3 is 2.50 bits per heavy atom. The summed E-state index contributed by atoms with van der Waals surface area (Å²) in [5.41, 5.74) is 0.503. The summed E-state index contributed by atoms with van der Waals surface area (Å²) in [6.07, 6.45) is 3.90. The third-order valence-electron chi connectivity index (χ3n) is 5.41. The summed E-state index contributed by atoms with van der Waals surface area (Å²) in [6, 6.07) is 8.45. The molecule has 168 valence electrons. The number of amides is 2. The molecule has 5 nitrogen and oxygen atoms in total. The van der Waals surface area contributed by atoms with E-state index < -0.39 is 17.8 Å². The number of hydrogen-bond donors (Lipinski definition) is 1. The zero-order valence-corrected chi connectivity index (χ0v) is 20.0. The largest absolute Gasteiger partial charge is 0.351 e. The lowest BCUT2D eigenvalue weighted by atomic mass is 10.0. The van der Waals surface area contributed by atoms with Crippen LogP contribution in [-0.2, 0) is 11.3 Å². The van der Waals surface area contributed by atoms with Crippen LogP contribution in [0.3, 0.4) is 0 Å². The van der Waals surface area contributed by atoms with Crippen molar-refractivity contribution in [2.24, 2.45) is 0 Å². The molecule has 0 spiro atoms. The van der Waals surface area contributed by atoms with Crippen LogP contribution in [0.2, 0.25) is 9.36 Å². The first-order valence-electron chi connectivity index (χ1n) is 10.1. The number of carbonyl (C=O) groups excluding carboxylic acids is 2. The highest BCUT2D eigenvalue weighted by Gasteiger charge is 2.36. The third-order valence-corrected chi connectivity index (χ3v) is 7.89.